The van der Waals surface area contributed by atoms with Gasteiger partial charge in [-0.15, -0.1) is 0 Å². The summed E-state index contributed by atoms with van der Waals surface area (Å²) in [6, 6.07) is 10.1. The standard InChI is InChI=1S/C8H7Br/c9-7-6-8-4-2-1-3-5-8/h1-7H/b7-6-. The van der Waals surface area contributed by atoms with Crippen molar-refractivity contribution in [1.29, 1.82) is 0 Å². The van der Waals surface area contributed by atoms with E-state index < -0.39 is 0 Å². The molecule has 0 spiro atoms. The molecular weight excluding hydrogens is 176 g/mol. The van der Waals surface area contributed by atoms with Gasteiger partial charge < -0.3 is 0 Å². The SMILES string of the molecule is Br/C=C\c1ccccc1. The highest BCUT2D eigenvalue weighted by Crippen LogP contribution is 2.01. The topological polar surface area (TPSA) is 0 Å². The van der Waals surface area contributed by atoms with Gasteiger partial charge in [0.25, 0.3) is 0 Å². The van der Waals surface area contributed by atoms with E-state index in [4.69, 9.17) is 0 Å². The lowest BCUT2D eigenvalue weighted by molar-refractivity contribution is 1.67. The second-order valence-corrected chi connectivity index (χ2v) is 2.23. The summed E-state index contributed by atoms with van der Waals surface area (Å²) in [5.41, 5.74) is 1.22. The summed E-state index contributed by atoms with van der Waals surface area (Å²) < 4.78 is 0. The molecule has 0 saturated heterocycles. The molecule has 46 valence electrons. The molecule has 0 radical (unpaired) electrons. The van der Waals surface area contributed by atoms with Crippen LogP contribution in [0.4, 0.5) is 0 Å². The Bertz CT molecular complexity index is 189. The fourth-order valence-electron chi connectivity index (χ4n) is 0.637. The van der Waals surface area contributed by atoms with Gasteiger partial charge in [0.05, 0.1) is 0 Å². The van der Waals surface area contributed by atoms with Gasteiger partial charge in [-0.2, -0.15) is 0 Å². The van der Waals surface area contributed by atoms with Crippen LogP contribution in [0.2, 0.25) is 0 Å². The zero-order valence-corrected chi connectivity index (χ0v) is 6.51. The van der Waals surface area contributed by atoms with Crippen LogP contribution in [-0.4, -0.2) is 0 Å². The van der Waals surface area contributed by atoms with Crippen LogP contribution in [0.3, 0.4) is 0 Å². The lowest BCUT2D eigenvalue weighted by atomic mass is 10.2. The van der Waals surface area contributed by atoms with Crippen molar-refractivity contribution in [1.82, 2.24) is 0 Å². The van der Waals surface area contributed by atoms with Crippen LogP contribution in [0.15, 0.2) is 35.3 Å². The predicted molar refractivity (Wildman–Crippen MR) is 44.4 cm³/mol. The first-order valence-corrected chi connectivity index (χ1v) is 3.67. The number of benzene rings is 1. The summed E-state index contributed by atoms with van der Waals surface area (Å²) >= 11 is 3.21. The Balaban J connectivity index is 2.85. The van der Waals surface area contributed by atoms with E-state index >= 15 is 0 Å². The Morgan fingerprint density at radius 2 is 1.78 bits per heavy atom. The molecule has 0 bridgehead atoms. The number of hydrogen-bond donors (Lipinski definition) is 0. The predicted octanol–water partition coefficient (Wildman–Crippen LogP) is 3.05. The normalized spacial score (nSPS) is 10.3. The molecule has 0 aromatic heterocycles. The maximum absolute atomic E-state index is 3.21. The molecular formula is C8H7Br. The molecule has 0 unspecified atom stereocenters. The number of rotatable bonds is 1. The van der Waals surface area contributed by atoms with Crippen LogP contribution in [0, 0.1) is 0 Å². The van der Waals surface area contributed by atoms with Crippen molar-refractivity contribution in [2.45, 2.75) is 0 Å². The fraction of sp³-hybridized carbons (Fsp3) is 0. The quantitative estimate of drug-likeness (QED) is 0.627. The third-order valence-electron chi connectivity index (χ3n) is 1.06. The van der Waals surface area contributed by atoms with E-state index in [0.29, 0.717) is 0 Å². The second kappa shape index (κ2) is 3.46. The van der Waals surface area contributed by atoms with Gasteiger partial charge in [-0.1, -0.05) is 46.3 Å². The van der Waals surface area contributed by atoms with Crippen molar-refractivity contribution < 1.29 is 0 Å². The van der Waals surface area contributed by atoms with Crippen LogP contribution < -0.4 is 0 Å². The van der Waals surface area contributed by atoms with Gasteiger partial charge in [0.2, 0.25) is 0 Å². The van der Waals surface area contributed by atoms with E-state index in [0.717, 1.165) is 0 Å². The molecule has 0 nitrogen and oxygen atoms in total. The molecule has 0 aliphatic heterocycles. The van der Waals surface area contributed by atoms with Crippen molar-refractivity contribution in [2.24, 2.45) is 0 Å². The van der Waals surface area contributed by atoms with Crippen molar-refractivity contribution >= 4 is 22.0 Å². The number of halogens is 1. The Morgan fingerprint density at radius 3 is 2.33 bits per heavy atom. The monoisotopic (exact) mass is 182 g/mol. The Morgan fingerprint density at radius 1 is 1.11 bits per heavy atom. The van der Waals surface area contributed by atoms with Crippen LogP contribution >= 0.6 is 15.9 Å². The van der Waals surface area contributed by atoms with Gasteiger partial charge in [-0.3, -0.25) is 0 Å². The van der Waals surface area contributed by atoms with E-state index in [1.54, 1.807) is 0 Å². The average molecular weight is 183 g/mol. The molecule has 0 amide bonds. The van der Waals surface area contributed by atoms with Crippen molar-refractivity contribution in [3.8, 4) is 0 Å². The Kier molecular flexibility index (Phi) is 2.52. The van der Waals surface area contributed by atoms with Crippen molar-refractivity contribution in [3.63, 3.8) is 0 Å². The van der Waals surface area contributed by atoms with E-state index in [1.165, 1.54) is 5.56 Å². The lowest BCUT2D eigenvalue weighted by Gasteiger charge is -1.86. The highest BCUT2D eigenvalue weighted by atomic mass is 79.9. The van der Waals surface area contributed by atoms with Gasteiger partial charge in [0.1, 0.15) is 0 Å². The van der Waals surface area contributed by atoms with Crippen LogP contribution in [0.5, 0.6) is 0 Å². The Labute approximate surface area is 63.3 Å². The second-order valence-electron chi connectivity index (χ2n) is 1.70. The van der Waals surface area contributed by atoms with E-state index in [-0.39, 0.29) is 0 Å². The maximum atomic E-state index is 3.21. The molecule has 0 N–H and O–H groups in total. The first-order valence-electron chi connectivity index (χ1n) is 2.75. The minimum atomic E-state index is 1.22. The molecule has 0 aliphatic carbocycles. The maximum Gasteiger partial charge on any atom is -0.0183 e. The molecule has 1 heteroatoms. The summed E-state index contributed by atoms with van der Waals surface area (Å²) in [5, 5.41) is 0. The lowest BCUT2D eigenvalue weighted by Crippen LogP contribution is -1.64. The van der Waals surface area contributed by atoms with Gasteiger partial charge >= 0.3 is 0 Å². The van der Waals surface area contributed by atoms with Crippen LogP contribution in [0.1, 0.15) is 5.56 Å². The molecule has 0 fully saturated rings. The molecule has 0 saturated carbocycles. The van der Waals surface area contributed by atoms with Crippen molar-refractivity contribution in [3.05, 3.63) is 40.9 Å². The molecule has 1 aromatic carbocycles. The van der Waals surface area contributed by atoms with Gasteiger partial charge in [-0.05, 0) is 16.6 Å². The summed E-state index contributed by atoms with van der Waals surface area (Å²) in [6.45, 7) is 0. The fourth-order valence-corrected chi connectivity index (χ4v) is 0.942. The third-order valence-corrected chi connectivity index (χ3v) is 1.32. The van der Waals surface area contributed by atoms with Crippen molar-refractivity contribution in [2.75, 3.05) is 0 Å². The molecule has 1 rings (SSSR count). The molecule has 9 heavy (non-hydrogen) atoms. The Hall–Kier alpha value is -0.560. The summed E-state index contributed by atoms with van der Waals surface area (Å²) in [6.07, 6.45) is 2.00. The largest absolute Gasteiger partial charge is 0.0622 e. The minimum Gasteiger partial charge on any atom is -0.0622 e. The van der Waals surface area contributed by atoms with E-state index in [9.17, 15) is 0 Å². The summed E-state index contributed by atoms with van der Waals surface area (Å²) in [7, 11) is 0. The highest BCUT2D eigenvalue weighted by molar-refractivity contribution is 9.11. The number of hydrogen-bond acceptors (Lipinski definition) is 0. The van der Waals surface area contributed by atoms with Crippen LogP contribution in [0.25, 0.3) is 6.08 Å². The molecule has 1 aromatic rings. The highest BCUT2D eigenvalue weighted by Gasteiger charge is 1.78. The minimum absolute atomic E-state index is 1.22. The summed E-state index contributed by atoms with van der Waals surface area (Å²) in [5.74, 6) is 0. The first-order chi connectivity index (χ1) is 4.43. The smallest absolute Gasteiger partial charge is 0.0183 e. The zero-order valence-electron chi connectivity index (χ0n) is 4.92. The van der Waals surface area contributed by atoms with E-state index in [2.05, 4.69) is 28.1 Å². The molecule has 0 heterocycles. The van der Waals surface area contributed by atoms with Gasteiger partial charge in [-0.25, -0.2) is 0 Å². The van der Waals surface area contributed by atoms with Gasteiger partial charge in [0.15, 0.2) is 0 Å². The summed E-state index contributed by atoms with van der Waals surface area (Å²) in [4.78, 5) is 1.85. The zero-order chi connectivity index (χ0) is 6.53. The van der Waals surface area contributed by atoms with Crippen LogP contribution in [-0.2, 0) is 0 Å². The first kappa shape index (κ1) is 6.56. The molecule has 0 atom stereocenters. The van der Waals surface area contributed by atoms with Gasteiger partial charge in [0, 0.05) is 0 Å². The van der Waals surface area contributed by atoms with E-state index in [1.807, 2.05) is 29.3 Å². The molecule has 0 aliphatic rings. The average Bonchev–Trinajstić information content (AvgIpc) is 1.91. The third kappa shape index (κ3) is 2.02.